The molecule has 0 saturated carbocycles. The molecule has 0 radical (unpaired) electrons. The topological polar surface area (TPSA) is 50.9 Å². The summed E-state index contributed by atoms with van der Waals surface area (Å²) in [6.45, 7) is 5.60. The highest BCUT2D eigenvalue weighted by Crippen LogP contribution is 2.26. The average molecular weight is 289 g/mol. The second kappa shape index (κ2) is 5.54. The van der Waals surface area contributed by atoms with Crippen LogP contribution in [0.5, 0.6) is 0 Å². The van der Waals surface area contributed by atoms with Gasteiger partial charge in [0.15, 0.2) is 0 Å². The number of rotatable bonds is 3. The van der Waals surface area contributed by atoms with E-state index in [-0.39, 0.29) is 10.8 Å². The predicted octanol–water partition coefficient (Wildman–Crippen LogP) is 3.52. The Morgan fingerprint density at radius 3 is 2.55 bits per heavy atom. The van der Waals surface area contributed by atoms with Crippen LogP contribution in [0.1, 0.15) is 22.4 Å². The zero-order chi connectivity index (χ0) is 14.9. The molecule has 0 fully saturated rings. The van der Waals surface area contributed by atoms with Crippen LogP contribution in [-0.2, 0) is 0 Å². The highest BCUT2D eigenvalue weighted by molar-refractivity contribution is 7.80. The van der Waals surface area contributed by atoms with Gasteiger partial charge in [0.25, 0.3) is 0 Å². The molecular weight excluding hydrogens is 273 g/mol. The molecule has 5 heteroatoms. The Balaban J connectivity index is 2.56. The van der Waals surface area contributed by atoms with E-state index in [4.69, 9.17) is 18.0 Å². The smallest absolute Gasteiger partial charge is 0.146 e. The average Bonchev–Trinajstić information content (AvgIpc) is 2.32. The van der Waals surface area contributed by atoms with Gasteiger partial charge in [-0.3, -0.25) is 0 Å². The molecular formula is C15H16FN3S. The van der Waals surface area contributed by atoms with Crippen molar-refractivity contribution in [3.63, 3.8) is 0 Å². The lowest BCUT2D eigenvalue weighted by Crippen LogP contribution is -2.16. The fourth-order valence-electron chi connectivity index (χ4n) is 2.15. The number of pyridine rings is 1. The summed E-state index contributed by atoms with van der Waals surface area (Å²) >= 11 is 5.07. The first-order chi connectivity index (χ1) is 9.40. The Labute approximate surface area is 123 Å². The maximum atomic E-state index is 13.9. The third-order valence-corrected chi connectivity index (χ3v) is 3.26. The van der Waals surface area contributed by atoms with Crippen LogP contribution in [0, 0.1) is 26.6 Å². The summed E-state index contributed by atoms with van der Waals surface area (Å²) in [5.41, 5.74) is 9.32. The Morgan fingerprint density at radius 1 is 1.25 bits per heavy atom. The van der Waals surface area contributed by atoms with Gasteiger partial charge in [-0.25, -0.2) is 9.37 Å². The van der Waals surface area contributed by atoms with Gasteiger partial charge in [0.2, 0.25) is 0 Å². The Kier molecular flexibility index (Phi) is 3.99. The largest absolute Gasteiger partial charge is 0.389 e. The van der Waals surface area contributed by atoms with Gasteiger partial charge >= 0.3 is 0 Å². The van der Waals surface area contributed by atoms with Crippen LogP contribution >= 0.6 is 12.2 Å². The first kappa shape index (κ1) is 14.4. The summed E-state index contributed by atoms with van der Waals surface area (Å²) in [4.78, 5) is 4.63. The molecule has 3 nitrogen and oxygen atoms in total. The molecule has 0 amide bonds. The zero-order valence-electron chi connectivity index (χ0n) is 11.6. The van der Waals surface area contributed by atoms with Crippen molar-refractivity contribution in [2.75, 3.05) is 5.32 Å². The molecule has 1 aromatic heterocycles. The monoisotopic (exact) mass is 289 g/mol. The number of para-hydroxylation sites is 1. The molecule has 20 heavy (non-hydrogen) atoms. The van der Waals surface area contributed by atoms with E-state index in [0.717, 1.165) is 16.8 Å². The summed E-state index contributed by atoms with van der Waals surface area (Å²) in [5.74, 6) is 0.156. The second-order valence-electron chi connectivity index (χ2n) is 4.73. The van der Waals surface area contributed by atoms with E-state index in [9.17, 15) is 4.39 Å². The van der Waals surface area contributed by atoms with E-state index >= 15 is 0 Å². The third-order valence-electron chi connectivity index (χ3n) is 3.06. The van der Waals surface area contributed by atoms with Gasteiger partial charge in [-0.05, 0) is 44.0 Å². The molecule has 0 aliphatic carbocycles. The number of anilines is 2. The van der Waals surface area contributed by atoms with Crippen molar-refractivity contribution in [1.82, 2.24) is 4.98 Å². The van der Waals surface area contributed by atoms with Crippen molar-refractivity contribution in [2.45, 2.75) is 20.8 Å². The lowest BCUT2D eigenvalue weighted by molar-refractivity contribution is 0.630. The van der Waals surface area contributed by atoms with Crippen molar-refractivity contribution in [2.24, 2.45) is 5.73 Å². The minimum atomic E-state index is -0.333. The summed E-state index contributed by atoms with van der Waals surface area (Å²) in [6.07, 6.45) is 0. The molecule has 0 bridgehead atoms. The number of halogens is 1. The summed E-state index contributed by atoms with van der Waals surface area (Å²) < 4.78 is 13.9. The molecule has 104 valence electrons. The number of hydrogen-bond donors (Lipinski definition) is 2. The molecule has 1 aromatic carbocycles. The minimum Gasteiger partial charge on any atom is -0.389 e. The normalized spacial score (nSPS) is 10.4. The van der Waals surface area contributed by atoms with Crippen LogP contribution in [0.15, 0.2) is 24.3 Å². The molecule has 0 saturated heterocycles. The zero-order valence-corrected chi connectivity index (χ0v) is 12.4. The van der Waals surface area contributed by atoms with E-state index in [0.29, 0.717) is 17.1 Å². The Hall–Kier alpha value is -2.01. The minimum absolute atomic E-state index is 0.242. The first-order valence-electron chi connectivity index (χ1n) is 6.20. The lowest BCUT2D eigenvalue weighted by atomic mass is 10.1. The third kappa shape index (κ3) is 2.77. The van der Waals surface area contributed by atoms with Crippen LogP contribution in [0.4, 0.5) is 15.9 Å². The van der Waals surface area contributed by atoms with Crippen molar-refractivity contribution in [3.8, 4) is 0 Å². The van der Waals surface area contributed by atoms with Gasteiger partial charge in [-0.2, -0.15) is 0 Å². The van der Waals surface area contributed by atoms with Gasteiger partial charge in [0.05, 0.1) is 11.3 Å². The molecule has 0 aliphatic rings. The lowest BCUT2D eigenvalue weighted by Gasteiger charge is -2.15. The van der Waals surface area contributed by atoms with Gasteiger partial charge in [0.1, 0.15) is 16.6 Å². The number of thiocarbonyl (C=S) groups is 1. The van der Waals surface area contributed by atoms with Crippen molar-refractivity contribution < 1.29 is 4.39 Å². The standard InChI is InChI=1S/C15H16FN3S/c1-8-5-4-6-11(16)13(8)19-15-12(14(17)20)9(2)7-10(3)18-15/h4-7H,1-3H3,(H2,17,20)(H,18,19). The van der Waals surface area contributed by atoms with Crippen molar-refractivity contribution in [1.29, 1.82) is 0 Å². The highest BCUT2D eigenvalue weighted by atomic mass is 32.1. The number of aromatic nitrogens is 1. The summed E-state index contributed by atoms with van der Waals surface area (Å²) in [7, 11) is 0. The van der Waals surface area contributed by atoms with Crippen molar-refractivity contribution >= 4 is 28.7 Å². The van der Waals surface area contributed by atoms with E-state index in [1.807, 2.05) is 32.9 Å². The van der Waals surface area contributed by atoms with E-state index in [1.54, 1.807) is 6.07 Å². The maximum absolute atomic E-state index is 13.9. The second-order valence-corrected chi connectivity index (χ2v) is 5.16. The molecule has 0 spiro atoms. The van der Waals surface area contributed by atoms with Gasteiger partial charge < -0.3 is 11.1 Å². The quantitative estimate of drug-likeness (QED) is 0.849. The summed E-state index contributed by atoms with van der Waals surface area (Å²) in [5, 5.41) is 3.02. The SMILES string of the molecule is Cc1cc(C)c(C(N)=S)c(Nc2c(C)cccc2F)n1. The van der Waals surface area contributed by atoms with E-state index in [2.05, 4.69) is 10.3 Å². The molecule has 0 aliphatic heterocycles. The fraction of sp³-hybridized carbons (Fsp3) is 0.200. The Morgan fingerprint density at radius 2 is 1.95 bits per heavy atom. The van der Waals surface area contributed by atoms with Crippen LogP contribution in [0.3, 0.4) is 0 Å². The maximum Gasteiger partial charge on any atom is 0.146 e. The number of nitrogens with zero attached hydrogens (tertiary/aromatic N) is 1. The molecule has 2 rings (SSSR count). The Bertz CT molecular complexity index is 663. The van der Waals surface area contributed by atoms with Crippen LogP contribution in [0.25, 0.3) is 0 Å². The molecule has 0 unspecified atom stereocenters. The number of benzene rings is 1. The predicted molar refractivity (Wildman–Crippen MR) is 84.0 cm³/mol. The summed E-state index contributed by atoms with van der Waals surface area (Å²) in [6, 6.07) is 6.79. The number of nitrogens with one attached hydrogen (secondary N) is 1. The first-order valence-corrected chi connectivity index (χ1v) is 6.61. The number of aryl methyl sites for hydroxylation is 3. The number of hydrogen-bond acceptors (Lipinski definition) is 3. The fourth-order valence-corrected chi connectivity index (χ4v) is 2.40. The van der Waals surface area contributed by atoms with E-state index in [1.165, 1.54) is 6.07 Å². The molecule has 0 atom stereocenters. The van der Waals surface area contributed by atoms with Gasteiger partial charge in [-0.15, -0.1) is 0 Å². The number of nitrogens with two attached hydrogens (primary N) is 1. The van der Waals surface area contributed by atoms with Crippen molar-refractivity contribution in [3.05, 3.63) is 52.5 Å². The molecule has 2 aromatic rings. The van der Waals surface area contributed by atoms with Crippen LogP contribution in [0.2, 0.25) is 0 Å². The molecule has 1 heterocycles. The van der Waals surface area contributed by atoms with Gasteiger partial charge in [-0.1, -0.05) is 24.4 Å². The van der Waals surface area contributed by atoms with E-state index < -0.39 is 0 Å². The highest BCUT2D eigenvalue weighted by Gasteiger charge is 2.14. The molecule has 3 N–H and O–H groups in total. The van der Waals surface area contributed by atoms with Crippen LogP contribution < -0.4 is 11.1 Å². The van der Waals surface area contributed by atoms with Gasteiger partial charge in [0, 0.05) is 5.69 Å². The van der Waals surface area contributed by atoms with Crippen LogP contribution in [-0.4, -0.2) is 9.97 Å².